The largest absolute Gasteiger partial charge is 0.299 e. The van der Waals surface area contributed by atoms with Crippen LogP contribution in [0.2, 0.25) is 0 Å². The Balaban J connectivity index is 1.43. The van der Waals surface area contributed by atoms with Gasteiger partial charge in [0.25, 0.3) is 0 Å². The van der Waals surface area contributed by atoms with E-state index in [2.05, 4.69) is 70.8 Å². The number of nitrogens with zero attached hydrogens (tertiary/aromatic N) is 3. The van der Waals surface area contributed by atoms with Gasteiger partial charge in [0.2, 0.25) is 5.13 Å². The van der Waals surface area contributed by atoms with E-state index in [0.29, 0.717) is 0 Å². The van der Waals surface area contributed by atoms with Gasteiger partial charge in [0, 0.05) is 17.5 Å². The Bertz CT molecular complexity index is 1000. The molecule has 0 bridgehead atoms. The predicted octanol–water partition coefficient (Wildman–Crippen LogP) is 6.10. The van der Waals surface area contributed by atoms with E-state index in [1.807, 2.05) is 24.4 Å². The van der Waals surface area contributed by atoms with Crippen molar-refractivity contribution in [2.24, 2.45) is 11.0 Å². The summed E-state index contributed by atoms with van der Waals surface area (Å²) in [5, 5.41) is 7.34. The number of likely N-dealkylation sites (tertiary alicyclic amines) is 1. The standard InChI is InChI=1S/C25H30N4S/c1-18-9-11-29(12-10-18)16-23-14-19(2)13-22(20(23)3)15-26-28-25-27-24(17-30-25)21-7-5-4-6-8-21/h4-8,13-15,17-18H,9-12,16H2,1-3H3,(H,27,28). The SMILES string of the molecule is Cc1cc(C=NNc2nc(-c3ccccc3)cs2)c(C)c(CN2CCC(C)CC2)c1. The van der Waals surface area contributed by atoms with Crippen LogP contribution in [-0.4, -0.2) is 29.2 Å². The molecule has 0 spiro atoms. The minimum atomic E-state index is 0.804. The van der Waals surface area contributed by atoms with Crippen LogP contribution in [0.25, 0.3) is 11.3 Å². The van der Waals surface area contributed by atoms with Crippen LogP contribution in [0.1, 0.15) is 42.0 Å². The van der Waals surface area contributed by atoms with Gasteiger partial charge in [-0.3, -0.25) is 10.3 Å². The van der Waals surface area contributed by atoms with Crippen molar-refractivity contribution < 1.29 is 0 Å². The lowest BCUT2D eigenvalue weighted by molar-refractivity contribution is 0.185. The minimum Gasteiger partial charge on any atom is -0.299 e. The van der Waals surface area contributed by atoms with Crippen LogP contribution in [0, 0.1) is 19.8 Å². The molecule has 1 aliphatic heterocycles. The monoisotopic (exact) mass is 418 g/mol. The molecule has 0 amide bonds. The van der Waals surface area contributed by atoms with Crippen LogP contribution in [0.3, 0.4) is 0 Å². The summed E-state index contributed by atoms with van der Waals surface area (Å²) in [6, 6.07) is 14.8. The maximum atomic E-state index is 4.64. The van der Waals surface area contributed by atoms with Crippen molar-refractivity contribution in [2.75, 3.05) is 18.5 Å². The molecule has 2 aromatic carbocycles. The number of benzene rings is 2. The molecule has 5 heteroatoms. The summed E-state index contributed by atoms with van der Waals surface area (Å²) in [4.78, 5) is 7.22. The van der Waals surface area contributed by atoms with Crippen LogP contribution in [0.15, 0.2) is 52.9 Å². The number of hydrazone groups is 1. The van der Waals surface area contributed by atoms with Gasteiger partial charge in [-0.2, -0.15) is 5.10 Å². The Labute approximate surface area is 183 Å². The van der Waals surface area contributed by atoms with E-state index in [1.54, 1.807) is 11.3 Å². The smallest absolute Gasteiger partial charge is 0.203 e. The third kappa shape index (κ3) is 5.15. The van der Waals surface area contributed by atoms with Gasteiger partial charge in [0.05, 0.1) is 11.9 Å². The Hall–Kier alpha value is -2.50. The molecule has 3 aromatic rings. The first-order chi connectivity index (χ1) is 14.6. The summed E-state index contributed by atoms with van der Waals surface area (Å²) in [7, 11) is 0. The highest BCUT2D eigenvalue weighted by atomic mass is 32.1. The number of aromatic nitrogens is 1. The van der Waals surface area contributed by atoms with Crippen molar-refractivity contribution in [1.82, 2.24) is 9.88 Å². The zero-order valence-electron chi connectivity index (χ0n) is 18.1. The van der Waals surface area contributed by atoms with Crippen LogP contribution >= 0.6 is 11.3 Å². The number of piperidine rings is 1. The van der Waals surface area contributed by atoms with E-state index in [0.717, 1.165) is 28.9 Å². The van der Waals surface area contributed by atoms with E-state index >= 15 is 0 Å². The van der Waals surface area contributed by atoms with Gasteiger partial charge in [0.1, 0.15) is 0 Å². The fraction of sp³-hybridized carbons (Fsp3) is 0.360. The van der Waals surface area contributed by atoms with Crippen molar-refractivity contribution in [1.29, 1.82) is 0 Å². The van der Waals surface area contributed by atoms with Crippen LogP contribution in [0.5, 0.6) is 0 Å². The Morgan fingerprint density at radius 2 is 1.93 bits per heavy atom. The molecule has 4 nitrogen and oxygen atoms in total. The zero-order valence-corrected chi connectivity index (χ0v) is 18.9. The molecule has 2 heterocycles. The maximum Gasteiger partial charge on any atom is 0.203 e. The summed E-state index contributed by atoms with van der Waals surface area (Å²) < 4.78 is 0. The van der Waals surface area contributed by atoms with Crippen molar-refractivity contribution >= 4 is 22.7 Å². The number of aryl methyl sites for hydroxylation is 1. The molecule has 0 unspecified atom stereocenters. The molecule has 1 aliphatic rings. The summed E-state index contributed by atoms with van der Waals surface area (Å²) in [5.41, 5.74) is 10.4. The quantitative estimate of drug-likeness (QED) is 0.388. The summed E-state index contributed by atoms with van der Waals surface area (Å²) in [6.45, 7) is 10.2. The summed E-state index contributed by atoms with van der Waals surface area (Å²) >= 11 is 1.57. The van der Waals surface area contributed by atoms with Crippen molar-refractivity contribution in [3.63, 3.8) is 0 Å². The van der Waals surface area contributed by atoms with Gasteiger partial charge >= 0.3 is 0 Å². The van der Waals surface area contributed by atoms with Crippen LogP contribution < -0.4 is 5.43 Å². The summed E-state index contributed by atoms with van der Waals surface area (Å²) in [6.07, 6.45) is 4.54. The minimum absolute atomic E-state index is 0.804. The number of nitrogens with one attached hydrogen (secondary N) is 1. The maximum absolute atomic E-state index is 4.64. The third-order valence-electron chi connectivity index (χ3n) is 5.91. The molecule has 0 aliphatic carbocycles. The number of hydrogen-bond acceptors (Lipinski definition) is 5. The molecular weight excluding hydrogens is 388 g/mol. The van der Waals surface area contributed by atoms with Crippen molar-refractivity contribution in [3.8, 4) is 11.3 Å². The molecule has 1 fully saturated rings. The first-order valence-electron chi connectivity index (χ1n) is 10.7. The Morgan fingerprint density at radius 1 is 1.17 bits per heavy atom. The number of anilines is 1. The lowest BCUT2D eigenvalue weighted by Crippen LogP contribution is -2.32. The average molecular weight is 419 g/mol. The predicted molar refractivity (Wildman–Crippen MR) is 128 cm³/mol. The topological polar surface area (TPSA) is 40.5 Å². The number of thiazole rings is 1. The van der Waals surface area contributed by atoms with Gasteiger partial charge in [0.15, 0.2) is 0 Å². The molecule has 0 atom stereocenters. The van der Waals surface area contributed by atoms with E-state index in [1.165, 1.54) is 48.2 Å². The molecule has 30 heavy (non-hydrogen) atoms. The number of rotatable bonds is 6. The van der Waals surface area contributed by atoms with Crippen molar-refractivity contribution in [2.45, 2.75) is 40.2 Å². The lowest BCUT2D eigenvalue weighted by Gasteiger charge is -2.30. The molecule has 4 rings (SSSR count). The highest BCUT2D eigenvalue weighted by molar-refractivity contribution is 7.14. The fourth-order valence-electron chi connectivity index (χ4n) is 3.95. The van der Waals surface area contributed by atoms with Crippen LogP contribution in [-0.2, 0) is 6.54 Å². The van der Waals surface area contributed by atoms with E-state index in [4.69, 9.17) is 0 Å². The van der Waals surface area contributed by atoms with E-state index in [-0.39, 0.29) is 0 Å². The molecule has 1 N–H and O–H groups in total. The van der Waals surface area contributed by atoms with Gasteiger partial charge < -0.3 is 0 Å². The molecule has 1 saturated heterocycles. The summed E-state index contributed by atoms with van der Waals surface area (Å²) in [5.74, 6) is 0.863. The molecule has 0 saturated carbocycles. The highest BCUT2D eigenvalue weighted by Gasteiger charge is 2.17. The highest BCUT2D eigenvalue weighted by Crippen LogP contribution is 2.25. The van der Waals surface area contributed by atoms with Gasteiger partial charge in [-0.1, -0.05) is 55.0 Å². The third-order valence-corrected chi connectivity index (χ3v) is 6.65. The Morgan fingerprint density at radius 3 is 2.70 bits per heavy atom. The van der Waals surface area contributed by atoms with Crippen molar-refractivity contribution in [3.05, 3.63) is 70.1 Å². The van der Waals surface area contributed by atoms with E-state index < -0.39 is 0 Å². The normalized spacial score (nSPS) is 15.7. The molecule has 0 radical (unpaired) electrons. The molecule has 1 aromatic heterocycles. The lowest BCUT2D eigenvalue weighted by atomic mass is 9.96. The zero-order chi connectivity index (χ0) is 20.9. The second-order valence-electron chi connectivity index (χ2n) is 8.37. The average Bonchev–Trinajstić information content (AvgIpc) is 3.22. The second-order valence-corrected chi connectivity index (χ2v) is 9.23. The molecular formula is C25H30N4S. The van der Waals surface area contributed by atoms with E-state index in [9.17, 15) is 0 Å². The molecule has 156 valence electrons. The van der Waals surface area contributed by atoms with Gasteiger partial charge in [-0.15, -0.1) is 11.3 Å². The van der Waals surface area contributed by atoms with Gasteiger partial charge in [-0.05, 0) is 62.4 Å². The van der Waals surface area contributed by atoms with Gasteiger partial charge in [-0.25, -0.2) is 4.98 Å². The fourth-order valence-corrected chi connectivity index (χ4v) is 4.62. The number of hydrogen-bond donors (Lipinski definition) is 1. The second kappa shape index (κ2) is 9.54. The Kier molecular flexibility index (Phi) is 6.60. The first kappa shape index (κ1) is 20.8. The van der Waals surface area contributed by atoms with Crippen LogP contribution in [0.4, 0.5) is 5.13 Å². The first-order valence-corrected chi connectivity index (χ1v) is 11.6.